The number of furan rings is 1. The van der Waals surface area contributed by atoms with Gasteiger partial charge in [-0.05, 0) is 80.6 Å². The van der Waals surface area contributed by atoms with E-state index in [0.29, 0.717) is 49.1 Å². The van der Waals surface area contributed by atoms with E-state index in [9.17, 15) is 9.59 Å². The van der Waals surface area contributed by atoms with E-state index in [-0.39, 0.29) is 24.9 Å². The highest BCUT2D eigenvalue weighted by Gasteiger charge is 2.18. The van der Waals surface area contributed by atoms with Crippen LogP contribution in [0.2, 0.25) is 0 Å². The van der Waals surface area contributed by atoms with E-state index >= 15 is 0 Å². The van der Waals surface area contributed by atoms with Gasteiger partial charge in [0.1, 0.15) is 23.9 Å². The van der Waals surface area contributed by atoms with Crippen molar-refractivity contribution in [2.24, 2.45) is 5.10 Å². The van der Waals surface area contributed by atoms with Crippen LogP contribution in [0.5, 0.6) is 11.5 Å². The van der Waals surface area contributed by atoms with Crippen molar-refractivity contribution in [2.45, 2.75) is 20.5 Å². The Labute approximate surface area is 252 Å². The van der Waals surface area contributed by atoms with Crippen LogP contribution in [0.25, 0.3) is 5.69 Å². The van der Waals surface area contributed by atoms with Crippen LogP contribution in [0.15, 0.2) is 80.7 Å². The lowest BCUT2D eigenvalue weighted by molar-refractivity contribution is -0.137. The van der Waals surface area contributed by atoms with Crippen molar-refractivity contribution < 1.29 is 28.2 Å². The Morgan fingerprint density at radius 3 is 2.45 bits per heavy atom. The molecule has 11 heteroatoms. The van der Waals surface area contributed by atoms with Gasteiger partial charge in [0.15, 0.2) is 12.4 Å². The van der Waals surface area contributed by atoms with Crippen molar-refractivity contribution in [1.29, 1.82) is 0 Å². The summed E-state index contributed by atoms with van der Waals surface area (Å²) in [6.07, 6.45) is 1.45. The summed E-state index contributed by atoms with van der Waals surface area (Å²) in [5.41, 5.74) is 6.42. The van der Waals surface area contributed by atoms with Crippen molar-refractivity contribution in [1.82, 2.24) is 14.9 Å². The lowest BCUT2D eigenvalue weighted by Gasteiger charge is -2.26. The van der Waals surface area contributed by atoms with Crippen LogP contribution in [0.3, 0.4) is 0 Å². The van der Waals surface area contributed by atoms with Gasteiger partial charge in [-0.3, -0.25) is 9.59 Å². The number of benzene rings is 2. The average molecular weight is 636 g/mol. The molecule has 0 radical (unpaired) electrons. The van der Waals surface area contributed by atoms with Gasteiger partial charge in [0.05, 0.1) is 19.4 Å². The number of hydrogen-bond acceptors (Lipinski definition) is 7. The summed E-state index contributed by atoms with van der Waals surface area (Å²) >= 11 is 3.43. The monoisotopic (exact) mass is 634 g/mol. The second-order valence-electron chi connectivity index (χ2n) is 9.66. The van der Waals surface area contributed by atoms with Crippen molar-refractivity contribution in [3.8, 4) is 17.2 Å². The summed E-state index contributed by atoms with van der Waals surface area (Å²) in [4.78, 5) is 26.8. The fourth-order valence-electron chi connectivity index (χ4n) is 4.51. The first-order valence-electron chi connectivity index (χ1n) is 13.5. The lowest BCUT2D eigenvalue weighted by atomic mass is 10.2. The number of hydrogen-bond donors (Lipinski definition) is 1. The number of amides is 2. The molecule has 1 saturated heterocycles. The number of nitrogens with zero attached hydrogens (tertiary/aromatic N) is 3. The molecule has 1 aliphatic heterocycles. The number of rotatable bonds is 10. The van der Waals surface area contributed by atoms with Gasteiger partial charge < -0.3 is 28.1 Å². The molecule has 0 saturated carbocycles. The number of aromatic nitrogens is 1. The maximum Gasteiger partial charge on any atom is 0.307 e. The maximum atomic E-state index is 12.6. The van der Waals surface area contributed by atoms with Crippen LogP contribution in [-0.4, -0.2) is 60.4 Å². The molecule has 3 heterocycles. The van der Waals surface area contributed by atoms with Crippen molar-refractivity contribution in [2.75, 3.05) is 32.9 Å². The number of carbonyl (C=O) groups is 2. The van der Waals surface area contributed by atoms with Gasteiger partial charge >= 0.3 is 5.91 Å². The Kier molecular flexibility index (Phi) is 9.40. The second kappa shape index (κ2) is 13.5. The molecule has 0 unspecified atom stereocenters. The van der Waals surface area contributed by atoms with Gasteiger partial charge in [-0.2, -0.15) is 5.10 Å². The minimum absolute atomic E-state index is 0.0986. The molecule has 42 heavy (non-hydrogen) atoms. The summed E-state index contributed by atoms with van der Waals surface area (Å²) in [6, 6.07) is 20.5. The zero-order chi connectivity index (χ0) is 29.5. The fraction of sp³-hybridized carbons (Fsp3) is 0.258. The van der Waals surface area contributed by atoms with E-state index in [1.165, 1.54) is 6.21 Å². The molecule has 4 aromatic rings. The molecule has 218 valence electrons. The first kappa shape index (κ1) is 29.2. The van der Waals surface area contributed by atoms with Crippen molar-refractivity contribution in [3.63, 3.8) is 0 Å². The number of morpholine rings is 1. The molecule has 1 fully saturated rings. The molecule has 0 bridgehead atoms. The molecule has 2 aromatic heterocycles. The molecule has 2 amide bonds. The number of aryl methyl sites for hydroxylation is 2. The number of ether oxygens (including phenoxy) is 3. The van der Waals surface area contributed by atoms with E-state index in [4.69, 9.17) is 18.6 Å². The minimum Gasteiger partial charge on any atom is -0.486 e. The topological polar surface area (TPSA) is 108 Å². The van der Waals surface area contributed by atoms with Gasteiger partial charge in [-0.15, -0.1) is 0 Å². The third-order valence-corrected chi connectivity index (χ3v) is 7.18. The van der Waals surface area contributed by atoms with Crippen molar-refractivity contribution >= 4 is 34.0 Å². The summed E-state index contributed by atoms with van der Waals surface area (Å²) in [5.74, 6) is 1.11. The summed E-state index contributed by atoms with van der Waals surface area (Å²) < 4.78 is 25.5. The Bertz CT molecular complexity index is 1550. The molecular formula is C31H31BrN4O6. The van der Waals surface area contributed by atoms with Gasteiger partial charge in [-0.1, -0.05) is 15.9 Å². The number of halogens is 1. The van der Waals surface area contributed by atoms with Gasteiger partial charge in [0, 0.05) is 40.2 Å². The largest absolute Gasteiger partial charge is 0.486 e. The van der Waals surface area contributed by atoms with Crippen LogP contribution in [0, 0.1) is 13.8 Å². The van der Waals surface area contributed by atoms with Crippen LogP contribution in [0.4, 0.5) is 0 Å². The Morgan fingerprint density at radius 2 is 1.71 bits per heavy atom. The average Bonchev–Trinajstić information content (AvgIpc) is 3.62. The van der Waals surface area contributed by atoms with E-state index in [2.05, 4.69) is 57.0 Å². The highest BCUT2D eigenvalue weighted by Crippen LogP contribution is 2.23. The van der Waals surface area contributed by atoms with Crippen LogP contribution >= 0.6 is 15.9 Å². The Morgan fingerprint density at radius 1 is 0.976 bits per heavy atom. The molecule has 1 aliphatic rings. The van der Waals surface area contributed by atoms with E-state index < -0.39 is 5.91 Å². The first-order valence-corrected chi connectivity index (χ1v) is 14.2. The predicted molar refractivity (Wildman–Crippen MR) is 160 cm³/mol. The highest BCUT2D eigenvalue weighted by molar-refractivity contribution is 9.10. The SMILES string of the molecule is Cc1ccc(C)n1-c1ccc(OCc2ccc(C(=O)N/N=C/c3cc(Br)ccc3OCC(=O)N3CCOCC3)o2)cc1. The Balaban J connectivity index is 1.13. The van der Waals surface area contributed by atoms with E-state index in [0.717, 1.165) is 21.5 Å². The zero-order valence-corrected chi connectivity index (χ0v) is 24.9. The summed E-state index contributed by atoms with van der Waals surface area (Å²) in [7, 11) is 0. The number of carbonyl (C=O) groups excluding carboxylic acids is 2. The van der Waals surface area contributed by atoms with Crippen LogP contribution in [-0.2, 0) is 16.1 Å². The van der Waals surface area contributed by atoms with E-state index in [1.54, 1.807) is 35.2 Å². The zero-order valence-electron chi connectivity index (χ0n) is 23.3. The third kappa shape index (κ3) is 7.29. The predicted octanol–water partition coefficient (Wildman–Crippen LogP) is 5.03. The van der Waals surface area contributed by atoms with Gasteiger partial charge in [0.25, 0.3) is 5.91 Å². The van der Waals surface area contributed by atoms with Gasteiger partial charge in [-0.25, -0.2) is 5.43 Å². The van der Waals surface area contributed by atoms with E-state index in [1.807, 2.05) is 24.3 Å². The number of nitrogens with one attached hydrogen (secondary N) is 1. The molecule has 0 atom stereocenters. The molecule has 1 N–H and O–H groups in total. The smallest absolute Gasteiger partial charge is 0.307 e. The van der Waals surface area contributed by atoms with Gasteiger partial charge in [0.2, 0.25) is 0 Å². The quantitative estimate of drug-likeness (QED) is 0.194. The van der Waals surface area contributed by atoms with Crippen molar-refractivity contribution in [3.05, 3.63) is 99.7 Å². The normalized spacial score (nSPS) is 13.4. The molecule has 5 rings (SSSR count). The Hall–Kier alpha value is -4.35. The first-order chi connectivity index (χ1) is 20.4. The molecule has 10 nitrogen and oxygen atoms in total. The molecular weight excluding hydrogens is 604 g/mol. The lowest BCUT2D eigenvalue weighted by Crippen LogP contribution is -2.43. The molecule has 2 aromatic carbocycles. The summed E-state index contributed by atoms with van der Waals surface area (Å²) in [5, 5.41) is 4.05. The fourth-order valence-corrected chi connectivity index (χ4v) is 4.89. The highest BCUT2D eigenvalue weighted by atomic mass is 79.9. The standard InChI is InChI=1S/C31H31BrN4O6/c1-21-3-4-22(2)36(21)25-6-8-26(9-7-25)40-19-27-10-12-29(42-27)31(38)34-33-18-23-17-24(32)5-11-28(23)41-20-30(37)35-13-15-39-16-14-35/h3-12,17-18H,13-16,19-20H2,1-2H3,(H,34,38)/b33-18+. The number of hydrazone groups is 1. The van der Waals surface area contributed by atoms with Crippen LogP contribution < -0.4 is 14.9 Å². The maximum absolute atomic E-state index is 12.6. The van der Waals surface area contributed by atoms with Crippen LogP contribution in [0.1, 0.15) is 33.3 Å². The summed E-state index contributed by atoms with van der Waals surface area (Å²) in [6.45, 7) is 6.33. The second-order valence-corrected chi connectivity index (χ2v) is 10.6. The molecule has 0 spiro atoms. The molecule has 0 aliphatic carbocycles. The third-order valence-electron chi connectivity index (χ3n) is 6.69. The minimum atomic E-state index is -0.515.